The summed E-state index contributed by atoms with van der Waals surface area (Å²) in [5.41, 5.74) is 27.1. The van der Waals surface area contributed by atoms with E-state index in [2.05, 4.69) is 30.9 Å². The van der Waals surface area contributed by atoms with Gasteiger partial charge < -0.3 is 54.7 Å². The monoisotopic (exact) mass is 539 g/mol. The van der Waals surface area contributed by atoms with Crippen molar-refractivity contribution in [3.63, 3.8) is 0 Å². The third-order valence-corrected chi connectivity index (χ3v) is 4.97. The molecule has 0 fully saturated rings. The van der Waals surface area contributed by atoms with E-state index in [1.807, 2.05) is 0 Å². The van der Waals surface area contributed by atoms with Gasteiger partial charge in [-0.2, -0.15) is 0 Å². The molecule has 15 N–H and O–H groups in total. The Morgan fingerprint density at radius 2 is 1.42 bits per heavy atom. The zero-order valence-electron chi connectivity index (χ0n) is 20.4. The van der Waals surface area contributed by atoms with E-state index in [9.17, 15) is 33.9 Å². The fourth-order valence-electron chi connectivity index (χ4n) is 3.13. The molecule has 0 aliphatic heterocycles. The van der Waals surface area contributed by atoms with Crippen LogP contribution in [0.25, 0.3) is 0 Å². The molecule has 0 radical (unpaired) electrons. The van der Waals surface area contributed by atoms with Gasteiger partial charge in [0.05, 0.1) is 25.2 Å². The van der Waals surface area contributed by atoms with Gasteiger partial charge in [0.25, 0.3) is 0 Å². The lowest BCUT2D eigenvalue weighted by Crippen LogP contribution is -2.58. The molecule has 18 nitrogen and oxygen atoms in total. The number of carbonyl (C=O) groups excluding carboxylic acids is 5. The summed E-state index contributed by atoms with van der Waals surface area (Å²) in [5.74, 6) is -6.47. The highest BCUT2D eigenvalue weighted by Gasteiger charge is 2.32. The molecular formula is C20H33N11O7. The first-order chi connectivity index (χ1) is 17.8. The quantitative estimate of drug-likeness (QED) is 0.0505. The average Bonchev–Trinajstić information content (AvgIpc) is 3.31. The molecule has 38 heavy (non-hydrogen) atoms. The second-order valence-electron chi connectivity index (χ2n) is 8.20. The first-order valence-electron chi connectivity index (χ1n) is 11.3. The zero-order chi connectivity index (χ0) is 28.8. The number of carbonyl (C=O) groups is 6. The summed E-state index contributed by atoms with van der Waals surface area (Å²) in [4.78, 5) is 83.0. The fourth-order valence-corrected chi connectivity index (χ4v) is 3.13. The van der Waals surface area contributed by atoms with Crippen LogP contribution in [-0.4, -0.2) is 87.3 Å². The number of nitrogens with one attached hydrogen (secondary N) is 4. The number of primary amides is 2. The molecule has 4 unspecified atom stereocenters. The highest BCUT2D eigenvalue weighted by Crippen LogP contribution is 2.04. The number of hydrogen-bond donors (Lipinski definition) is 10. The topological polar surface area (TPSA) is 330 Å². The van der Waals surface area contributed by atoms with Gasteiger partial charge in [-0.25, -0.2) is 9.78 Å². The molecule has 1 aromatic rings. The van der Waals surface area contributed by atoms with Gasteiger partial charge in [0.1, 0.15) is 18.1 Å². The van der Waals surface area contributed by atoms with Crippen LogP contribution in [0.1, 0.15) is 31.4 Å². The summed E-state index contributed by atoms with van der Waals surface area (Å²) in [6, 6.07) is -5.75. The highest BCUT2D eigenvalue weighted by atomic mass is 16.4. The molecule has 0 saturated carbocycles. The van der Waals surface area contributed by atoms with Gasteiger partial charge in [0.2, 0.25) is 29.5 Å². The third-order valence-electron chi connectivity index (χ3n) is 4.97. The highest BCUT2D eigenvalue weighted by molar-refractivity contribution is 5.97. The van der Waals surface area contributed by atoms with Crippen LogP contribution in [0, 0.1) is 0 Å². The van der Waals surface area contributed by atoms with Crippen molar-refractivity contribution in [1.82, 2.24) is 25.9 Å². The van der Waals surface area contributed by atoms with Gasteiger partial charge >= 0.3 is 5.97 Å². The van der Waals surface area contributed by atoms with Crippen molar-refractivity contribution in [2.45, 2.75) is 56.3 Å². The Kier molecular flexibility index (Phi) is 12.7. The number of guanidine groups is 1. The van der Waals surface area contributed by atoms with E-state index in [1.165, 1.54) is 12.5 Å². The van der Waals surface area contributed by atoms with E-state index in [-0.39, 0.29) is 31.8 Å². The molecule has 1 rings (SSSR count). The van der Waals surface area contributed by atoms with Crippen molar-refractivity contribution in [3.8, 4) is 0 Å². The number of rotatable bonds is 17. The Morgan fingerprint density at radius 1 is 0.895 bits per heavy atom. The van der Waals surface area contributed by atoms with Crippen LogP contribution in [0.3, 0.4) is 0 Å². The molecule has 0 aliphatic carbocycles. The number of aromatic amines is 1. The molecular weight excluding hydrogens is 506 g/mol. The number of carboxylic acid groups (broad SMARTS) is 1. The summed E-state index contributed by atoms with van der Waals surface area (Å²) in [6.07, 6.45) is 1.59. The van der Waals surface area contributed by atoms with Gasteiger partial charge in [-0.15, -0.1) is 0 Å². The molecule has 1 aromatic heterocycles. The number of aliphatic imine (C=N–C) groups is 1. The van der Waals surface area contributed by atoms with Crippen LogP contribution >= 0.6 is 0 Å². The minimum Gasteiger partial charge on any atom is -0.480 e. The maximum absolute atomic E-state index is 12.9. The predicted molar refractivity (Wildman–Crippen MR) is 131 cm³/mol. The van der Waals surface area contributed by atoms with Crippen molar-refractivity contribution >= 4 is 41.5 Å². The number of aliphatic carboxylic acids is 1. The Labute approximate surface area is 216 Å². The average molecular weight is 540 g/mol. The number of nitrogens with zero attached hydrogens (tertiary/aromatic N) is 2. The number of aromatic nitrogens is 2. The lowest BCUT2D eigenvalue weighted by Gasteiger charge is -2.24. The number of H-pyrrole nitrogens is 1. The first kappa shape index (κ1) is 31.3. The second kappa shape index (κ2) is 15.4. The number of carboxylic acids is 1. The van der Waals surface area contributed by atoms with E-state index < -0.39 is 72.5 Å². The van der Waals surface area contributed by atoms with Crippen LogP contribution in [0.5, 0.6) is 0 Å². The Balaban J connectivity index is 2.93. The van der Waals surface area contributed by atoms with Gasteiger partial charge in [0.15, 0.2) is 5.96 Å². The maximum Gasteiger partial charge on any atom is 0.326 e. The Morgan fingerprint density at radius 3 is 1.87 bits per heavy atom. The van der Waals surface area contributed by atoms with Gasteiger partial charge in [0, 0.05) is 24.9 Å². The molecule has 4 atom stereocenters. The minimum absolute atomic E-state index is 0.0310. The molecule has 1 heterocycles. The van der Waals surface area contributed by atoms with Crippen molar-refractivity contribution in [3.05, 3.63) is 18.2 Å². The molecule has 210 valence electrons. The summed E-state index contributed by atoms with van der Waals surface area (Å²) in [7, 11) is 0. The number of nitrogens with two attached hydrogens (primary N) is 5. The van der Waals surface area contributed by atoms with Crippen LogP contribution in [-0.2, 0) is 35.2 Å². The molecule has 5 amide bonds. The SMILES string of the molecule is NC(=O)CC(NC(=O)C(N)Cc1cnc[nH]1)C(=O)NC(CC(N)=O)C(=O)NC(CCCN=C(N)N)C(=O)O. The Bertz CT molecular complexity index is 1020. The third kappa shape index (κ3) is 11.8. The van der Waals surface area contributed by atoms with Crippen molar-refractivity contribution in [2.24, 2.45) is 33.7 Å². The van der Waals surface area contributed by atoms with Gasteiger partial charge in [-0.05, 0) is 12.8 Å². The van der Waals surface area contributed by atoms with E-state index in [4.69, 9.17) is 28.7 Å². The first-order valence-corrected chi connectivity index (χ1v) is 11.3. The molecule has 0 aromatic carbocycles. The van der Waals surface area contributed by atoms with Gasteiger partial charge in [-0.1, -0.05) is 0 Å². The summed E-state index contributed by atoms with van der Waals surface area (Å²) in [6.45, 7) is 0.0977. The standard InChI is InChI=1S/C20H33N11O7/c21-10(4-9-7-26-8-28-9)16(34)30-12(5-14(22)32)18(36)31-13(6-15(23)33)17(35)29-11(19(37)38)2-1-3-27-20(24)25/h7-8,10-13H,1-6,21H2,(H2,22,32)(H2,23,33)(H,26,28)(H,29,35)(H,30,34)(H,31,36)(H,37,38)(H4,24,25,27). The second-order valence-corrected chi connectivity index (χ2v) is 8.20. The van der Waals surface area contributed by atoms with Crippen molar-refractivity contribution in [2.75, 3.05) is 6.54 Å². The normalized spacial score (nSPS) is 13.7. The molecule has 0 bridgehead atoms. The van der Waals surface area contributed by atoms with Crippen LogP contribution in [0.15, 0.2) is 17.5 Å². The predicted octanol–water partition coefficient (Wildman–Crippen LogP) is -5.38. The van der Waals surface area contributed by atoms with Gasteiger partial charge in [-0.3, -0.25) is 29.0 Å². The molecule has 0 spiro atoms. The molecule has 18 heteroatoms. The number of hydrogen-bond acceptors (Lipinski definition) is 9. The van der Waals surface area contributed by atoms with E-state index >= 15 is 0 Å². The van der Waals surface area contributed by atoms with Crippen LogP contribution in [0.2, 0.25) is 0 Å². The van der Waals surface area contributed by atoms with Crippen molar-refractivity contribution < 1.29 is 33.9 Å². The molecule has 0 aliphatic rings. The largest absolute Gasteiger partial charge is 0.480 e. The summed E-state index contributed by atoms with van der Waals surface area (Å²) < 4.78 is 0. The molecule has 0 saturated heterocycles. The smallest absolute Gasteiger partial charge is 0.326 e. The van der Waals surface area contributed by atoms with E-state index in [1.54, 1.807) is 0 Å². The lowest BCUT2D eigenvalue weighted by atomic mass is 10.1. The summed E-state index contributed by atoms with van der Waals surface area (Å²) >= 11 is 0. The van der Waals surface area contributed by atoms with Crippen LogP contribution in [0.4, 0.5) is 0 Å². The summed E-state index contributed by atoms with van der Waals surface area (Å²) in [5, 5.41) is 16.1. The lowest BCUT2D eigenvalue weighted by molar-refractivity contribution is -0.142. The van der Waals surface area contributed by atoms with Crippen LogP contribution < -0.4 is 44.6 Å². The van der Waals surface area contributed by atoms with Crippen molar-refractivity contribution in [1.29, 1.82) is 0 Å². The number of amides is 5. The maximum atomic E-state index is 12.9. The minimum atomic E-state index is -1.63. The number of imidazole rings is 1. The fraction of sp³-hybridized carbons (Fsp3) is 0.500. The van der Waals surface area contributed by atoms with E-state index in [0.29, 0.717) is 5.69 Å². The zero-order valence-corrected chi connectivity index (χ0v) is 20.4. The Hall–Kier alpha value is -4.74. The van der Waals surface area contributed by atoms with E-state index in [0.717, 1.165) is 0 Å².